The van der Waals surface area contributed by atoms with E-state index in [1.807, 2.05) is 0 Å². The van der Waals surface area contributed by atoms with E-state index in [2.05, 4.69) is 5.32 Å². The Hall–Kier alpha value is -2.96. The van der Waals surface area contributed by atoms with Crippen LogP contribution in [-0.4, -0.2) is 23.9 Å². The fraction of sp³-hybridized carbons (Fsp3) is 0.222. The minimum absolute atomic E-state index is 0.0437. The van der Waals surface area contributed by atoms with E-state index >= 15 is 0 Å². The summed E-state index contributed by atoms with van der Waals surface area (Å²) in [7, 11) is 1.54. The molecule has 25 heavy (non-hydrogen) atoms. The molecule has 1 N–H and O–H groups in total. The van der Waals surface area contributed by atoms with Gasteiger partial charge in [0.2, 0.25) is 0 Å². The van der Waals surface area contributed by atoms with Crippen molar-refractivity contribution in [2.45, 2.75) is 19.0 Å². The average molecular weight is 346 g/mol. The molecular formula is C18H16F2N2O3. The second-order valence-corrected chi connectivity index (χ2v) is 5.95. The number of urea groups is 1. The second-order valence-electron chi connectivity index (χ2n) is 5.95. The van der Waals surface area contributed by atoms with Crippen LogP contribution in [0, 0.1) is 11.6 Å². The molecule has 0 bridgehead atoms. The molecule has 2 aromatic carbocycles. The number of hydrogen-bond acceptors (Lipinski definition) is 3. The minimum Gasteiger partial charge on any atom is -0.497 e. The van der Waals surface area contributed by atoms with E-state index in [1.54, 1.807) is 24.3 Å². The van der Waals surface area contributed by atoms with Crippen molar-refractivity contribution < 1.29 is 23.1 Å². The van der Waals surface area contributed by atoms with Crippen LogP contribution < -0.4 is 10.1 Å². The number of carbonyl (C=O) groups excluding carboxylic acids is 2. The topological polar surface area (TPSA) is 58.6 Å². The molecule has 1 aliphatic heterocycles. The predicted molar refractivity (Wildman–Crippen MR) is 85.8 cm³/mol. The summed E-state index contributed by atoms with van der Waals surface area (Å²) in [4.78, 5) is 26.0. The number of amides is 3. The van der Waals surface area contributed by atoms with Gasteiger partial charge in [-0.25, -0.2) is 13.6 Å². The van der Waals surface area contributed by atoms with E-state index in [0.29, 0.717) is 11.8 Å². The lowest BCUT2D eigenvalue weighted by molar-refractivity contribution is -0.131. The summed E-state index contributed by atoms with van der Waals surface area (Å²) in [5.41, 5.74) is -0.744. The molecule has 1 fully saturated rings. The maximum atomic E-state index is 13.5. The lowest BCUT2D eigenvalue weighted by atomic mass is 9.91. The van der Waals surface area contributed by atoms with E-state index in [4.69, 9.17) is 4.74 Å². The Balaban J connectivity index is 1.88. The number of ether oxygens (including phenoxy) is 1. The molecule has 1 atom stereocenters. The third-order valence-electron chi connectivity index (χ3n) is 4.21. The Labute approximate surface area is 143 Å². The molecule has 0 saturated carbocycles. The van der Waals surface area contributed by atoms with Crippen LogP contribution in [0.1, 0.15) is 18.1 Å². The first kappa shape index (κ1) is 16.9. The van der Waals surface area contributed by atoms with Crippen molar-refractivity contribution in [3.8, 4) is 5.75 Å². The Morgan fingerprint density at radius 2 is 1.68 bits per heavy atom. The monoisotopic (exact) mass is 346 g/mol. The second kappa shape index (κ2) is 6.16. The normalized spacial score (nSPS) is 19.9. The van der Waals surface area contributed by atoms with Crippen LogP contribution in [0.25, 0.3) is 0 Å². The predicted octanol–water partition coefficient (Wildman–Crippen LogP) is 2.94. The van der Waals surface area contributed by atoms with Gasteiger partial charge in [0, 0.05) is 6.07 Å². The first-order valence-corrected chi connectivity index (χ1v) is 7.57. The van der Waals surface area contributed by atoms with Crippen molar-refractivity contribution >= 4 is 11.9 Å². The number of hydrogen-bond donors (Lipinski definition) is 1. The van der Waals surface area contributed by atoms with Gasteiger partial charge >= 0.3 is 6.03 Å². The molecular weight excluding hydrogens is 330 g/mol. The van der Waals surface area contributed by atoms with Crippen LogP contribution in [0.5, 0.6) is 5.75 Å². The first-order chi connectivity index (χ1) is 11.8. The van der Waals surface area contributed by atoms with Gasteiger partial charge in [-0.05, 0) is 42.3 Å². The standard InChI is InChI=1S/C18H16F2N2O3/c1-18(12-7-13(19)9-14(20)8-12)16(23)22(17(24)21-18)10-11-3-5-15(25-2)6-4-11/h3-9H,10H2,1-2H3,(H,21,24). The highest BCUT2D eigenvalue weighted by molar-refractivity contribution is 6.07. The number of nitrogens with one attached hydrogen (secondary N) is 1. The highest BCUT2D eigenvalue weighted by Gasteiger charge is 2.49. The molecule has 1 saturated heterocycles. The zero-order valence-corrected chi connectivity index (χ0v) is 13.7. The average Bonchev–Trinajstić information content (AvgIpc) is 2.79. The van der Waals surface area contributed by atoms with Gasteiger partial charge in [0.25, 0.3) is 5.91 Å². The summed E-state index contributed by atoms with van der Waals surface area (Å²) in [5.74, 6) is -1.54. The van der Waals surface area contributed by atoms with E-state index in [9.17, 15) is 18.4 Å². The molecule has 130 valence electrons. The molecule has 0 spiro atoms. The summed E-state index contributed by atoms with van der Waals surface area (Å²) in [6, 6.07) is 9.07. The molecule has 3 rings (SSSR count). The van der Waals surface area contributed by atoms with Gasteiger partial charge in [-0.15, -0.1) is 0 Å². The van der Waals surface area contributed by atoms with Gasteiger partial charge in [0.1, 0.15) is 22.9 Å². The number of rotatable bonds is 4. The first-order valence-electron chi connectivity index (χ1n) is 7.57. The van der Waals surface area contributed by atoms with Crippen molar-refractivity contribution in [1.29, 1.82) is 0 Å². The van der Waals surface area contributed by atoms with E-state index in [-0.39, 0.29) is 12.1 Å². The molecule has 1 aliphatic rings. The van der Waals surface area contributed by atoms with Crippen molar-refractivity contribution in [3.63, 3.8) is 0 Å². The molecule has 0 aromatic heterocycles. The van der Waals surface area contributed by atoms with Crippen LogP contribution in [0.3, 0.4) is 0 Å². The van der Waals surface area contributed by atoms with Crippen LogP contribution in [0.15, 0.2) is 42.5 Å². The van der Waals surface area contributed by atoms with Gasteiger partial charge in [0.15, 0.2) is 0 Å². The Morgan fingerprint density at radius 1 is 1.08 bits per heavy atom. The number of imide groups is 1. The molecule has 2 aromatic rings. The number of halogens is 2. The lowest BCUT2D eigenvalue weighted by Crippen LogP contribution is -2.41. The Bertz CT molecular complexity index is 818. The zero-order chi connectivity index (χ0) is 18.2. The van der Waals surface area contributed by atoms with Crippen molar-refractivity contribution in [2.24, 2.45) is 0 Å². The Kier molecular flexibility index (Phi) is 4.16. The number of nitrogens with zero attached hydrogens (tertiary/aromatic N) is 1. The SMILES string of the molecule is COc1ccc(CN2C(=O)NC(C)(c3cc(F)cc(F)c3)C2=O)cc1. The minimum atomic E-state index is -1.52. The molecule has 7 heteroatoms. The maximum Gasteiger partial charge on any atom is 0.325 e. The highest BCUT2D eigenvalue weighted by Crippen LogP contribution is 2.31. The molecule has 0 aliphatic carbocycles. The van der Waals surface area contributed by atoms with E-state index in [0.717, 1.165) is 22.6 Å². The van der Waals surface area contributed by atoms with Crippen LogP contribution in [0.2, 0.25) is 0 Å². The fourth-order valence-corrected chi connectivity index (χ4v) is 2.79. The summed E-state index contributed by atoms with van der Waals surface area (Å²) < 4.78 is 32.1. The molecule has 0 radical (unpaired) electrons. The van der Waals surface area contributed by atoms with Crippen LogP contribution in [0.4, 0.5) is 13.6 Å². The largest absolute Gasteiger partial charge is 0.497 e. The van der Waals surface area contributed by atoms with Crippen molar-refractivity contribution in [3.05, 3.63) is 65.2 Å². The summed E-state index contributed by atoms with van der Waals surface area (Å²) in [6.07, 6.45) is 0. The van der Waals surface area contributed by atoms with Gasteiger partial charge in [0.05, 0.1) is 13.7 Å². The van der Waals surface area contributed by atoms with Crippen molar-refractivity contribution in [1.82, 2.24) is 10.2 Å². The smallest absolute Gasteiger partial charge is 0.325 e. The van der Waals surface area contributed by atoms with Crippen LogP contribution >= 0.6 is 0 Å². The third kappa shape index (κ3) is 3.05. The van der Waals surface area contributed by atoms with Crippen molar-refractivity contribution in [2.75, 3.05) is 7.11 Å². The lowest BCUT2D eigenvalue weighted by Gasteiger charge is -2.22. The third-order valence-corrected chi connectivity index (χ3v) is 4.21. The van der Waals surface area contributed by atoms with E-state index in [1.165, 1.54) is 14.0 Å². The molecule has 5 nitrogen and oxygen atoms in total. The summed E-state index contributed by atoms with van der Waals surface area (Å²) >= 11 is 0. The van der Waals surface area contributed by atoms with Gasteiger partial charge in [-0.2, -0.15) is 0 Å². The van der Waals surface area contributed by atoms with Gasteiger partial charge in [-0.1, -0.05) is 12.1 Å². The Morgan fingerprint density at radius 3 is 2.24 bits per heavy atom. The number of methoxy groups -OCH3 is 1. The number of benzene rings is 2. The maximum absolute atomic E-state index is 13.5. The van der Waals surface area contributed by atoms with Gasteiger partial charge in [-0.3, -0.25) is 9.69 Å². The molecule has 1 unspecified atom stereocenters. The van der Waals surface area contributed by atoms with E-state index < -0.39 is 29.1 Å². The summed E-state index contributed by atoms with van der Waals surface area (Å²) in [5, 5.41) is 2.52. The summed E-state index contributed by atoms with van der Waals surface area (Å²) in [6.45, 7) is 1.47. The highest BCUT2D eigenvalue weighted by atomic mass is 19.1. The fourth-order valence-electron chi connectivity index (χ4n) is 2.79. The quantitative estimate of drug-likeness (QED) is 0.866. The molecule has 3 amide bonds. The zero-order valence-electron chi connectivity index (χ0n) is 13.7. The van der Waals surface area contributed by atoms with Crippen LogP contribution in [-0.2, 0) is 16.9 Å². The van der Waals surface area contributed by atoms with Gasteiger partial charge < -0.3 is 10.1 Å². The number of carbonyl (C=O) groups is 2. The molecule has 1 heterocycles.